The highest BCUT2D eigenvalue weighted by atomic mass is 32.2. The van der Waals surface area contributed by atoms with Crippen LogP contribution in [0.2, 0.25) is 0 Å². The molecule has 15 atom stereocenters. The van der Waals surface area contributed by atoms with E-state index in [1.807, 2.05) is 4.98 Å². The van der Waals surface area contributed by atoms with E-state index in [1.165, 1.54) is 25.1 Å². The first-order chi connectivity index (χ1) is 50.2. The van der Waals surface area contributed by atoms with E-state index < -0.39 is 220 Å². The zero-order valence-corrected chi connectivity index (χ0v) is 59.3. The molecule has 106 heavy (non-hydrogen) atoms. The smallest absolute Gasteiger partial charge is 0.332 e. The van der Waals surface area contributed by atoms with Crippen molar-refractivity contribution in [3.05, 3.63) is 123 Å². The third kappa shape index (κ3) is 22.6. The topological polar surface area (TPSA) is 570 Å². The molecule has 0 spiro atoms. The molecule has 16 N–H and O–H groups in total. The maximum absolute atomic E-state index is 14.3. The Balaban J connectivity index is 0.836. The minimum Gasteiger partial charge on any atom is -0.479 e. The Bertz CT molecular complexity index is 4340. The summed E-state index contributed by atoms with van der Waals surface area (Å²) in [5.41, 5.74) is -1.45. The largest absolute Gasteiger partial charge is 0.479 e. The Morgan fingerprint density at radius 2 is 1.33 bits per heavy atom. The van der Waals surface area contributed by atoms with E-state index in [9.17, 15) is 103 Å². The fourth-order valence-corrected chi connectivity index (χ4v) is 15.0. The second kappa shape index (κ2) is 36.9. The summed E-state index contributed by atoms with van der Waals surface area (Å²) in [6.45, 7) is -1.61. The van der Waals surface area contributed by atoms with Crippen molar-refractivity contribution in [1.29, 1.82) is 0 Å². The van der Waals surface area contributed by atoms with E-state index in [2.05, 4.69) is 31.6 Å². The van der Waals surface area contributed by atoms with Gasteiger partial charge < -0.3 is 100 Å². The minimum absolute atomic E-state index is 0.0338. The molecule has 2 saturated heterocycles. The number of aliphatic hydroxyl groups is 5. The van der Waals surface area contributed by atoms with Crippen LogP contribution in [-0.2, 0) is 101 Å². The molecule has 5 aromatic rings. The molecule has 3 heterocycles. The second-order valence-corrected chi connectivity index (χ2v) is 30.3. The van der Waals surface area contributed by atoms with Gasteiger partial charge in [0.05, 0.1) is 54.5 Å². The Labute approximate surface area is 606 Å². The molecular formula is C66H85N7O30S3. The van der Waals surface area contributed by atoms with Crippen molar-refractivity contribution in [1.82, 2.24) is 25.9 Å². The number of aliphatic carboxylic acids is 1. The Kier molecular flexibility index (Phi) is 28.6. The number of hydrogen-bond acceptors (Lipinski definition) is 27. The van der Waals surface area contributed by atoms with Gasteiger partial charge in [-0.25, -0.2) is 9.59 Å². The number of ether oxygens (including phenoxy) is 8. The SMILES string of the molecule is C[C@@H]1O[C@@H](OC2CC(NC(=O)c3cc(=O)[nH]c(=O)[nH]3)CC(CC(=O)NCCNC(=O)COCCOCC(=O)Nc3cccc(CNc4cc(S(=O)(=O)O)cc5cc(S(=O)(=O)O)cc(S(=O)(=O)O)c45)c3)C2O[C@@H]2O[C@H](CO)[C@H](O)[C@H](O[C@@H](CC3CCCCC3)C(=O)O)[C@H]2OCc2ccccc2)[C@@H](O)[C@H](O)[C@@H]1O. The molecule has 2 aliphatic heterocycles. The van der Waals surface area contributed by atoms with Crippen LogP contribution in [-0.4, -0.2) is 241 Å². The van der Waals surface area contributed by atoms with Crippen molar-refractivity contribution >= 4 is 82.1 Å². The zero-order valence-electron chi connectivity index (χ0n) is 56.9. The average Bonchev–Trinajstić information content (AvgIpc) is 0.751. The maximum atomic E-state index is 14.3. The van der Waals surface area contributed by atoms with Gasteiger partial charge in [0.2, 0.25) is 17.7 Å². The lowest BCUT2D eigenvalue weighted by molar-refractivity contribution is -0.355. The Hall–Kier alpha value is -7.82. The highest BCUT2D eigenvalue weighted by Gasteiger charge is 2.53. The summed E-state index contributed by atoms with van der Waals surface area (Å²) in [5.74, 6) is -5.40. The number of aromatic amines is 2. The van der Waals surface area contributed by atoms with Crippen molar-refractivity contribution in [3.8, 4) is 0 Å². The third-order valence-corrected chi connectivity index (χ3v) is 20.8. The Morgan fingerprint density at radius 3 is 1.98 bits per heavy atom. The number of fused-ring (bicyclic) bond motifs is 1. The summed E-state index contributed by atoms with van der Waals surface area (Å²) in [6.07, 6.45) is -17.3. The van der Waals surface area contributed by atoms with Crippen LogP contribution >= 0.6 is 0 Å². The summed E-state index contributed by atoms with van der Waals surface area (Å²) in [5, 5.41) is 78.8. The number of carboxylic acids is 1. The summed E-state index contributed by atoms with van der Waals surface area (Å²) in [4.78, 5) is 93.0. The van der Waals surface area contributed by atoms with E-state index in [1.54, 1.807) is 36.4 Å². The highest BCUT2D eigenvalue weighted by molar-refractivity contribution is 7.87. The molecule has 4 amide bonds. The van der Waals surface area contributed by atoms with Crippen molar-refractivity contribution in [2.75, 3.05) is 56.8 Å². The number of carbonyl (C=O) groups is 5. The molecule has 1 aromatic heterocycles. The standard InChI is InChI=1S/C66H85N7O30S3/c1-34-55(79)57(81)58(82)64(99-34)101-46-25-41(71-62(83)45-28-51(76)73-66(86)72-45)21-39(59(46)103-65-61(98-31-36-11-6-3-7-12-36)60(56(80)48(30-74)102-65)100-47(63(84)85)20-35-9-4-2-5-10-35)24-50(75)67-15-16-68-52(77)32-96-17-18-97-33-53(78)70-40-14-8-13-37(19-40)29-69-44-26-42(104(87,88)89)22-38-23-43(105(90,91)92)27-49(54(38)44)106(93,94)95/h3,6-8,11-14,19,22-23,26-28,34-35,39,41,46-48,55-61,64-65,69,74,79-82H,2,4-5,9-10,15-18,20-21,24-25,29-33H2,1H3,(H,67,75)(H,68,77)(H,70,78)(H,71,83)(H,84,85)(H,87,88,89)(H,90,91,92)(H,93,94,95)(H2,72,73,76,86)/t34-,39?,41?,46?,47-,48+,55+,56-,57+,58-,59?,60-,61+,64-,65-/m0/s1. The number of carboxylic acid groups (broad SMARTS) is 1. The number of nitrogens with one attached hydrogen (secondary N) is 7. The fraction of sp³-hybridized carbons (Fsp3) is 0.530. The van der Waals surface area contributed by atoms with Crippen LogP contribution in [0.25, 0.3) is 10.8 Å². The lowest BCUT2D eigenvalue weighted by Gasteiger charge is -2.49. The number of hydrogen-bond donors (Lipinski definition) is 16. The van der Waals surface area contributed by atoms with E-state index in [0.717, 1.165) is 56.4 Å². The molecule has 4 aliphatic rings. The predicted octanol–water partition coefficient (Wildman–Crippen LogP) is -0.558. The van der Waals surface area contributed by atoms with Crippen LogP contribution in [0.5, 0.6) is 0 Å². The number of benzene rings is 4. The van der Waals surface area contributed by atoms with Gasteiger partial charge in [-0.2, -0.15) is 25.3 Å². The quantitative estimate of drug-likeness (QED) is 0.0181. The second-order valence-electron chi connectivity index (χ2n) is 26.0. The molecule has 4 unspecified atom stereocenters. The molecule has 9 rings (SSSR count). The molecule has 37 nitrogen and oxygen atoms in total. The number of anilines is 2. The number of aliphatic hydroxyl groups excluding tert-OH is 5. The number of carbonyl (C=O) groups excluding carboxylic acids is 4. The van der Waals surface area contributed by atoms with Crippen LogP contribution in [0.1, 0.15) is 86.3 Å². The molecule has 2 aliphatic carbocycles. The molecule has 582 valence electrons. The summed E-state index contributed by atoms with van der Waals surface area (Å²) < 4.78 is 152. The van der Waals surface area contributed by atoms with Gasteiger partial charge in [-0.1, -0.05) is 74.6 Å². The van der Waals surface area contributed by atoms with Crippen molar-refractivity contribution in [3.63, 3.8) is 0 Å². The monoisotopic (exact) mass is 1550 g/mol. The summed E-state index contributed by atoms with van der Waals surface area (Å²) >= 11 is 0. The molecule has 40 heteroatoms. The van der Waals surface area contributed by atoms with Gasteiger partial charge in [-0.15, -0.1) is 0 Å². The van der Waals surface area contributed by atoms with Crippen molar-refractivity contribution in [2.45, 2.75) is 178 Å². The summed E-state index contributed by atoms with van der Waals surface area (Å²) in [6, 6.07) is 17.3. The lowest BCUT2D eigenvalue weighted by atomic mass is 9.78. The van der Waals surface area contributed by atoms with Gasteiger partial charge in [0, 0.05) is 54.9 Å². The molecule has 0 bridgehead atoms. The zero-order chi connectivity index (χ0) is 76.8. The van der Waals surface area contributed by atoms with E-state index in [0.29, 0.717) is 17.2 Å². The Morgan fingerprint density at radius 1 is 0.670 bits per heavy atom. The average molecular weight is 1550 g/mol. The normalized spacial score (nSPS) is 25.6. The molecule has 4 aromatic carbocycles. The van der Waals surface area contributed by atoms with E-state index in [4.69, 9.17) is 37.9 Å². The van der Waals surface area contributed by atoms with Crippen LogP contribution in [0.15, 0.2) is 109 Å². The number of aromatic nitrogens is 2. The highest BCUT2D eigenvalue weighted by Crippen LogP contribution is 2.41. The first kappa shape index (κ1) is 82.2. The van der Waals surface area contributed by atoms with Gasteiger partial charge in [-0.05, 0) is 90.9 Å². The maximum Gasteiger partial charge on any atom is 0.332 e. The number of H-pyrrole nitrogens is 2. The van der Waals surface area contributed by atoms with Gasteiger partial charge >= 0.3 is 11.7 Å². The van der Waals surface area contributed by atoms with Crippen molar-refractivity contribution < 1.29 is 131 Å². The first-order valence-electron chi connectivity index (χ1n) is 33.7. The molecular weight excluding hydrogens is 1470 g/mol. The van der Waals surface area contributed by atoms with Gasteiger partial charge in [0.15, 0.2) is 18.7 Å². The van der Waals surface area contributed by atoms with Gasteiger partial charge in [0.1, 0.15) is 66.5 Å². The molecule has 4 fully saturated rings. The molecule has 0 radical (unpaired) electrons. The van der Waals surface area contributed by atoms with Crippen LogP contribution in [0, 0.1) is 11.8 Å². The van der Waals surface area contributed by atoms with Gasteiger partial charge in [-0.3, -0.25) is 42.6 Å². The van der Waals surface area contributed by atoms with Crippen LogP contribution in [0.4, 0.5) is 11.4 Å². The van der Waals surface area contributed by atoms with E-state index >= 15 is 0 Å². The van der Waals surface area contributed by atoms with E-state index in [-0.39, 0.29) is 76.0 Å². The van der Waals surface area contributed by atoms with Crippen LogP contribution in [0.3, 0.4) is 0 Å². The number of rotatable bonds is 34. The first-order valence-corrected chi connectivity index (χ1v) is 38.0. The van der Waals surface area contributed by atoms with Gasteiger partial charge in [0.25, 0.3) is 41.8 Å². The lowest BCUT2D eigenvalue weighted by Crippen LogP contribution is -2.64. The fourth-order valence-electron chi connectivity index (χ4n) is 13.1. The van der Waals surface area contributed by atoms with Crippen LogP contribution < -0.4 is 37.8 Å². The third-order valence-electron chi connectivity index (χ3n) is 18.2. The number of amides is 4. The van der Waals surface area contributed by atoms with Crippen molar-refractivity contribution in [2.24, 2.45) is 11.8 Å². The molecule has 2 saturated carbocycles. The predicted molar refractivity (Wildman–Crippen MR) is 366 cm³/mol. The summed E-state index contributed by atoms with van der Waals surface area (Å²) in [7, 11) is -15.3. The minimum atomic E-state index is -5.23.